The minimum Gasteiger partial charge on any atom is -0.493 e. The molecule has 0 bridgehead atoms. The second-order valence-corrected chi connectivity index (χ2v) is 4.15. The third-order valence-electron chi connectivity index (χ3n) is 2.76. The quantitative estimate of drug-likeness (QED) is 0.741. The number of carbonyl (C=O) groups excluding carboxylic acids is 1. The Hall–Kier alpha value is -1.55. The Morgan fingerprint density at radius 1 is 1.33 bits per heavy atom. The number of hydrogen-bond acceptors (Lipinski definition) is 3. The van der Waals surface area contributed by atoms with Crippen molar-refractivity contribution in [2.24, 2.45) is 5.73 Å². The van der Waals surface area contributed by atoms with Crippen molar-refractivity contribution in [1.82, 2.24) is 5.32 Å². The number of carbonyl (C=O) groups is 1. The van der Waals surface area contributed by atoms with Crippen LogP contribution >= 0.6 is 0 Å². The van der Waals surface area contributed by atoms with Crippen LogP contribution in [0.3, 0.4) is 0 Å². The normalized spacial score (nSPS) is 12.1. The van der Waals surface area contributed by atoms with E-state index in [1.807, 2.05) is 12.1 Å². The summed E-state index contributed by atoms with van der Waals surface area (Å²) in [4.78, 5) is 10.6. The highest BCUT2D eigenvalue weighted by Gasteiger charge is 2.07. The lowest BCUT2D eigenvalue weighted by Gasteiger charge is -2.16. The molecule has 0 fully saturated rings. The summed E-state index contributed by atoms with van der Waals surface area (Å²) in [5, 5.41) is 3.42. The van der Waals surface area contributed by atoms with Crippen LogP contribution < -0.4 is 15.8 Å². The van der Waals surface area contributed by atoms with Gasteiger partial charge in [-0.3, -0.25) is 4.79 Å². The molecule has 1 unspecified atom stereocenters. The molecule has 100 valence electrons. The number of amides is 1. The van der Waals surface area contributed by atoms with Gasteiger partial charge >= 0.3 is 0 Å². The molecule has 0 saturated carbocycles. The zero-order valence-electron chi connectivity index (χ0n) is 11.1. The first-order chi connectivity index (χ1) is 8.67. The molecule has 0 radical (unpaired) electrons. The Kier molecular flexibility index (Phi) is 6.22. The first kappa shape index (κ1) is 14.5. The third-order valence-corrected chi connectivity index (χ3v) is 2.76. The first-order valence-corrected chi connectivity index (χ1v) is 6.41. The minimum absolute atomic E-state index is 0.247. The average Bonchev–Trinajstić information content (AvgIpc) is 2.36. The molecule has 1 aromatic carbocycles. The SMILES string of the molecule is CCNC(CC)c1ccc(OCCC(N)=O)cc1. The topological polar surface area (TPSA) is 64.3 Å². The van der Waals surface area contributed by atoms with E-state index in [0.717, 1.165) is 18.7 Å². The van der Waals surface area contributed by atoms with E-state index >= 15 is 0 Å². The number of benzene rings is 1. The molecule has 0 saturated heterocycles. The van der Waals surface area contributed by atoms with Crippen molar-refractivity contribution in [3.63, 3.8) is 0 Å². The summed E-state index contributed by atoms with van der Waals surface area (Å²) in [5.74, 6) is 0.427. The van der Waals surface area contributed by atoms with Gasteiger partial charge in [-0.1, -0.05) is 26.0 Å². The standard InChI is InChI=1S/C14H22N2O2/c1-3-13(16-4-2)11-5-7-12(8-6-11)18-10-9-14(15)17/h5-8,13,16H,3-4,9-10H2,1-2H3,(H2,15,17). The minimum atomic E-state index is -0.343. The van der Waals surface area contributed by atoms with Crippen molar-refractivity contribution >= 4 is 5.91 Å². The third kappa shape index (κ3) is 4.75. The van der Waals surface area contributed by atoms with E-state index in [-0.39, 0.29) is 12.3 Å². The van der Waals surface area contributed by atoms with Gasteiger partial charge in [0.25, 0.3) is 0 Å². The molecule has 1 aromatic rings. The highest BCUT2D eigenvalue weighted by atomic mass is 16.5. The zero-order valence-corrected chi connectivity index (χ0v) is 11.1. The molecule has 1 atom stereocenters. The number of primary amides is 1. The van der Waals surface area contributed by atoms with Crippen LogP contribution in [0.25, 0.3) is 0 Å². The number of nitrogens with one attached hydrogen (secondary N) is 1. The van der Waals surface area contributed by atoms with Crippen molar-refractivity contribution in [2.75, 3.05) is 13.2 Å². The lowest BCUT2D eigenvalue weighted by molar-refractivity contribution is -0.118. The van der Waals surface area contributed by atoms with Gasteiger partial charge in [-0.2, -0.15) is 0 Å². The van der Waals surface area contributed by atoms with E-state index in [2.05, 4.69) is 31.3 Å². The van der Waals surface area contributed by atoms with Gasteiger partial charge in [-0.15, -0.1) is 0 Å². The lowest BCUT2D eigenvalue weighted by Crippen LogP contribution is -2.19. The molecule has 1 rings (SSSR count). The number of nitrogens with two attached hydrogens (primary N) is 1. The summed E-state index contributed by atoms with van der Waals surface area (Å²) in [6, 6.07) is 8.34. The number of ether oxygens (including phenoxy) is 1. The number of rotatable bonds is 8. The smallest absolute Gasteiger partial charge is 0.220 e. The maximum absolute atomic E-state index is 10.6. The molecular weight excluding hydrogens is 228 g/mol. The van der Waals surface area contributed by atoms with Crippen molar-refractivity contribution < 1.29 is 9.53 Å². The van der Waals surface area contributed by atoms with Gasteiger partial charge in [-0.25, -0.2) is 0 Å². The molecule has 0 aliphatic carbocycles. The predicted molar refractivity (Wildman–Crippen MR) is 72.5 cm³/mol. The molecule has 0 aromatic heterocycles. The van der Waals surface area contributed by atoms with Gasteiger partial charge in [0, 0.05) is 6.04 Å². The molecular formula is C14H22N2O2. The Labute approximate surface area is 109 Å². The van der Waals surface area contributed by atoms with E-state index < -0.39 is 0 Å². The van der Waals surface area contributed by atoms with Gasteiger partial charge in [0.05, 0.1) is 13.0 Å². The van der Waals surface area contributed by atoms with Crippen molar-refractivity contribution in [3.8, 4) is 5.75 Å². The maximum atomic E-state index is 10.6. The fourth-order valence-corrected chi connectivity index (χ4v) is 1.81. The van der Waals surface area contributed by atoms with Crippen molar-refractivity contribution in [2.45, 2.75) is 32.7 Å². The summed E-state index contributed by atoms with van der Waals surface area (Å²) in [7, 11) is 0. The Morgan fingerprint density at radius 3 is 2.50 bits per heavy atom. The molecule has 4 nitrogen and oxygen atoms in total. The maximum Gasteiger partial charge on any atom is 0.220 e. The van der Waals surface area contributed by atoms with Crippen LogP contribution in [0.5, 0.6) is 5.75 Å². The summed E-state index contributed by atoms with van der Waals surface area (Å²) >= 11 is 0. The fraction of sp³-hybridized carbons (Fsp3) is 0.500. The van der Waals surface area contributed by atoms with E-state index in [9.17, 15) is 4.79 Å². The molecule has 0 aliphatic heterocycles. The second kappa shape index (κ2) is 7.71. The monoisotopic (exact) mass is 250 g/mol. The first-order valence-electron chi connectivity index (χ1n) is 6.41. The van der Waals surface area contributed by atoms with E-state index in [4.69, 9.17) is 10.5 Å². The van der Waals surface area contributed by atoms with Crippen LogP contribution in [0.2, 0.25) is 0 Å². The molecule has 0 aliphatic rings. The average molecular weight is 250 g/mol. The summed E-state index contributed by atoms with van der Waals surface area (Å²) in [6.45, 7) is 5.54. The number of hydrogen-bond donors (Lipinski definition) is 2. The van der Waals surface area contributed by atoms with Crippen molar-refractivity contribution in [3.05, 3.63) is 29.8 Å². The lowest BCUT2D eigenvalue weighted by atomic mass is 10.0. The van der Waals surface area contributed by atoms with Gasteiger partial charge in [0.15, 0.2) is 0 Å². The highest BCUT2D eigenvalue weighted by Crippen LogP contribution is 2.20. The van der Waals surface area contributed by atoms with E-state index in [1.54, 1.807) is 0 Å². The van der Waals surface area contributed by atoms with Gasteiger partial charge in [0.2, 0.25) is 5.91 Å². The fourth-order valence-electron chi connectivity index (χ4n) is 1.81. The molecule has 1 amide bonds. The Morgan fingerprint density at radius 2 is 2.00 bits per heavy atom. The van der Waals surface area contributed by atoms with Crippen LogP contribution in [-0.4, -0.2) is 19.1 Å². The summed E-state index contributed by atoms with van der Waals surface area (Å²) < 4.78 is 5.42. The van der Waals surface area contributed by atoms with Crippen LogP contribution in [0.15, 0.2) is 24.3 Å². The predicted octanol–water partition coefficient (Wildman–Crippen LogP) is 2.00. The molecule has 3 N–H and O–H groups in total. The highest BCUT2D eigenvalue weighted by molar-refractivity contribution is 5.73. The van der Waals surface area contributed by atoms with Crippen molar-refractivity contribution in [1.29, 1.82) is 0 Å². The van der Waals surface area contributed by atoms with Crippen LogP contribution in [0.1, 0.15) is 38.3 Å². The van der Waals surface area contributed by atoms with Crippen LogP contribution in [0.4, 0.5) is 0 Å². The van der Waals surface area contributed by atoms with Gasteiger partial charge in [0.1, 0.15) is 5.75 Å². The van der Waals surface area contributed by atoms with Gasteiger partial charge < -0.3 is 15.8 Å². The zero-order chi connectivity index (χ0) is 13.4. The molecule has 4 heteroatoms. The van der Waals surface area contributed by atoms with E-state index in [0.29, 0.717) is 12.6 Å². The van der Waals surface area contributed by atoms with Gasteiger partial charge in [-0.05, 0) is 30.7 Å². The molecule has 0 spiro atoms. The summed E-state index contributed by atoms with van der Waals surface area (Å²) in [6.07, 6.45) is 1.30. The molecule has 0 heterocycles. The molecule has 18 heavy (non-hydrogen) atoms. The van der Waals surface area contributed by atoms with Crippen LogP contribution in [-0.2, 0) is 4.79 Å². The van der Waals surface area contributed by atoms with Crippen LogP contribution in [0, 0.1) is 0 Å². The Balaban J connectivity index is 2.53. The summed E-state index contributed by atoms with van der Waals surface area (Å²) in [5.41, 5.74) is 6.30. The van der Waals surface area contributed by atoms with E-state index in [1.165, 1.54) is 5.56 Å². The largest absolute Gasteiger partial charge is 0.493 e. The Bertz CT molecular complexity index is 363. The second-order valence-electron chi connectivity index (χ2n) is 4.15.